The topological polar surface area (TPSA) is 92.3 Å². The van der Waals surface area contributed by atoms with Crippen molar-refractivity contribution >= 4 is 116 Å². The summed E-state index contributed by atoms with van der Waals surface area (Å²) in [7, 11) is -9.74. The van der Waals surface area contributed by atoms with Gasteiger partial charge < -0.3 is 41.2 Å². The van der Waals surface area contributed by atoms with Crippen molar-refractivity contribution in [2.45, 2.75) is 0 Å². The van der Waals surface area contributed by atoms with Crippen LogP contribution in [0.15, 0.2) is 0 Å². The van der Waals surface area contributed by atoms with E-state index in [-0.39, 0.29) is 0 Å². The molecule has 1 unspecified atom stereocenters. The van der Waals surface area contributed by atoms with Gasteiger partial charge in [0.1, 0.15) is 0 Å². The second kappa shape index (κ2) is 14.5. The van der Waals surface area contributed by atoms with Crippen molar-refractivity contribution < 1.29 is 41.2 Å². The molecule has 0 N–H and O–H groups in total. The molecule has 0 radical (unpaired) electrons. The van der Waals surface area contributed by atoms with Crippen molar-refractivity contribution in [3.8, 4) is 0 Å². The van der Waals surface area contributed by atoms with E-state index in [1.807, 2.05) is 10.7 Å². The van der Waals surface area contributed by atoms with Crippen molar-refractivity contribution in [2.75, 3.05) is 0 Å². The van der Waals surface area contributed by atoms with Crippen LogP contribution < -0.4 is 0 Å². The van der Waals surface area contributed by atoms with E-state index in [1.165, 1.54) is 0 Å². The van der Waals surface area contributed by atoms with Crippen molar-refractivity contribution in [1.82, 2.24) is 0 Å². The van der Waals surface area contributed by atoms with E-state index in [0.717, 1.165) is 0 Å². The summed E-state index contributed by atoms with van der Waals surface area (Å²) in [5.41, 5.74) is 0. The van der Waals surface area contributed by atoms with Crippen LogP contribution in [-0.4, -0.2) is 105 Å². The maximum absolute atomic E-state index is 6.08. The van der Waals surface area contributed by atoms with Gasteiger partial charge in [-0.05, 0) is 0 Å². The fraction of sp³-hybridized carbons (Fsp3) is 0. The lowest BCUT2D eigenvalue weighted by atomic mass is 15.7. The highest BCUT2D eigenvalue weighted by atomic mass is 32.5. The normalized spacial score (nSPS) is 41.5. The van der Waals surface area contributed by atoms with Crippen LogP contribution in [-0.2, 0) is 41.2 Å². The van der Waals surface area contributed by atoms with E-state index in [1.54, 1.807) is 0 Å². The molecule has 2 fully saturated rings. The van der Waals surface area contributed by atoms with Crippen molar-refractivity contribution in [1.29, 1.82) is 0 Å². The Kier molecular flexibility index (Phi) is 13.6. The largest absolute Gasteiger partial charge is 0.437 e. The van der Waals surface area contributed by atoms with Crippen LogP contribution in [0, 0.1) is 0 Å². The van der Waals surface area contributed by atoms with Gasteiger partial charge in [0, 0.05) is 0 Å². The Bertz CT molecular complexity index is 249. The molecule has 2 saturated heterocycles. The van der Waals surface area contributed by atoms with Crippen LogP contribution in [0.25, 0.3) is 0 Å². The molecule has 1 atom stereocenters. The summed E-state index contributed by atoms with van der Waals surface area (Å²) in [4.78, 5) is 0. The highest BCUT2D eigenvalue weighted by Gasteiger charge is 2.31. The molecular weight excluding hydrogens is 501 g/mol. The highest BCUT2D eigenvalue weighted by Crippen LogP contribution is 2.12. The first-order valence-corrected chi connectivity index (χ1v) is 24.6. The van der Waals surface area contributed by atoms with Crippen LogP contribution >= 0.6 is 10.7 Å². The maximum atomic E-state index is 6.08. The summed E-state index contributed by atoms with van der Waals surface area (Å²) in [6, 6.07) is 0. The quantitative estimate of drug-likeness (QED) is 0.309. The highest BCUT2D eigenvalue weighted by molar-refractivity contribution is 8.45. The molecule has 0 amide bonds. The second-order valence-corrected chi connectivity index (χ2v) is 34.3. The Labute approximate surface area is 156 Å². The first-order chi connectivity index (χ1) is 11.0. The Morgan fingerprint density at radius 1 is 0.500 bits per heavy atom. The van der Waals surface area contributed by atoms with E-state index < -0.39 is 105 Å². The van der Waals surface area contributed by atoms with E-state index in [4.69, 9.17) is 41.2 Å². The summed E-state index contributed by atoms with van der Waals surface area (Å²) in [5, 5.41) is 0. The minimum Gasteiger partial charge on any atom is -0.437 e. The monoisotopic (exact) mass is 520 g/mol. The lowest BCUT2D eigenvalue weighted by Gasteiger charge is -2.26. The van der Waals surface area contributed by atoms with Crippen LogP contribution in [0.3, 0.4) is 0 Å². The smallest absolute Gasteiger partial charge is 0.323 e. The number of rotatable bonds is 1. The Hall–Kier alpha value is 2.34. The third-order valence-electron chi connectivity index (χ3n) is 2.32. The molecule has 0 bridgehead atoms. The Morgan fingerprint density at radius 2 is 0.955 bits per heavy atom. The summed E-state index contributed by atoms with van der Waals surface area (Å²) < 4.78 is 56.6. The van der Waals surface area contributed by atoms with Gasteiger partial charge >= 0.3 is 8.80 Å². The molecule has 2 aliphatic rings. The molecule has 2 heterocycles. The van der Waals surface area contributed by atoms with Gasteiger partial charge in [-0.2, -0.15) is 10.7 Å². The molecule has 0 aliphatic carbocycles. The van der Waals surface area contributed by atoms with E-state index in [0.29, 0.717) is 0 Å². The van der Waals surface area contributed by atoms with Crippen LogP contribution in [0.4, 0.5) is 0 Å². The van der Waals surface area contributed by atoms with Crippen molar-refractivity contribution in [2.24, 2.45) is 0 Å². The minimum absolute atomic E-state index is 0.689. The standard InChI is InChI=1S/H20O10SSi11/c1-12-3-16-7-20-11-22(10-19-6-15-1)21-8-17-4-13-2-14-5-18-9-21/h21-22H,12-20H2. The lowest BCUT2D eigenvalue weighted by molar-refractivity contribution is 0.338. The second-order valence-electron chi connectivity index (χ2n) is 3.89. The van der Waals surface area contributed by atoms with Crippen molar-refractivity contribution in [3.05, 3.63) is 0 Å². The summed E-state index contributed by atoms with van der Waals surface area (Å²) in [6.07, 6.45) is 0. The first kappa shape index (κ1) is 20.6. The van der Waals surface area contributed by atoms with Crippen molar-refractivity contribution in [3.63, 3.8) is 0 Å². The van der Waals surface area contributed by atoms with Crippen LogP contribution in [0.5, 0.6) is 0 Å². The third-order valence-corrected chi connectivity index (χ3v) is 40.2. The lowest BCUT2D eigenvalue weighted by Crippen LogP contribution is -2.46. The van der Waals surface area contributed by atoms with Gasteiger partial charge in [0.15, 0.2) is 0 Å². The molecule has 2 rings (SSSR count). The third kappa shape index (κ3) is 9.72. The first-order valence-electron chi connectivity index (χ1n) is 6.47. The molecule has 2 aliphatic heterocycles. The average Bonchev–Trinajstić information content (AvgIpc) is 2.53. The molecule has 0 aromatic carbocycles. The maximum Gasteiger partial charge on any atom is 0.323 e. The Morgan fingerprint density at radius 3 is 1.55 bits per heavy atom. The molecule has 0 aromatic rings. The molecule has 0 spiro atoms. The SMILES string of the molecule is O1[SiH2]O[SiH2]O[SiH]([SiH]2O[SiH2]O[SiH2]O[SiH2]O[SiH2]O[SiH2]S2)O[SiH2]O[SiH2]1. The van der Waals surface area contributed by atoms with Gasteiger partial charge in [-0.25, -0.2) is 0 Å². The van der Waals surface area contributed by atoms with E-state index in [9.17, 15) is 0 Å². The average molecular weight is 521 g/mol. The predicted molar refractivity (Wildman–Crippen MR) is 110 cm³/mol. The van der Waals surface area contributed by atoms with Gasteiger partial charge in [-0.15, -0.1) is 0 Å². The van der Waals surface area contributed by atoms with Gasteiger partial charge in [0.05, 0.1) is 0 Å². The van der Waals surface area contributed by atoms with Gasteiger partial charge in [-0.3, -0.25) is 0 Å². The fourth-order valence-electron chi connectivity index (χ4n) is 1.40. The van der Waals surface area contributed by atoms with E-state index in [2.05, 4.69) is 0 Å². The zero-order valence-corrected chi connectivity index (χ0v) is 27.9. The molecule has 22 heteroatoms. The summed E-state index contributed by atoms with van der Waals surface area (Å²) >= 11 is 0. The van der Waals surface area contributed by atoms with E-state index >= 15 is 0 Å². The summed E-state index contributed by atoms with van der Waals surface area (Å²) in [6.45, 7) is 0. The minimum atomic E-state index is -1.83. The molecule has 10 nitrogen and oxygen atoms in total. The molecule has 22 heavy (non-hydrogen) atoms. The summed E-state index contributed by atoms with van der Waals surface area (Å²) in [5.74, 6) is 0. The van der Waals surface area contributed by atoms with Gasteiger partial charge in [0.25, 0.3) is 87.8 Å². The molecule has 0 saturated carbocycles. The van der Waals surface area contributed by atoms with Crippen LogP contribution in [0.2, 0.25) is 0 Å². The number of hydrogen-bond donors (Lipinski definition) is 0. The molecular formula is H20O10SSi11. The van der Waals surface area contributed by atoms with Crippen LogP contribution in [0.1, 0.15) is 0 Å². The fourth-order valence-corrected chi connectivity index (χ4v) is 49.0. The van der Waals surface area contributed by atoms with Gasteiger partial charge in [-0.1, -0.05) is 0 Å². The molecule has 0 aromatic heterocycles. The zero-order valence-electron chi connectivity index (χ0n) is 12.0. The molecule has 130 valence electrons. The predicted octanol–water partition coefficient (Wildman–Crippen LogP) is -9.58. The van der Waals surface area contributed by atoms with Gasteiger partial charge in [0.2, 0.25) is 8.91 Å². The Balaban J connectivity index is 1.81. The zero-order chi connectivity index (χ0) is 15.3. The number of hydrogen-bond acceptors (Lipinski definition) is 11.